The maximum atomic E-state index is 13.2. The van der Waals surface area contributed by atoms with E-state index in [1.807, 2.05) is 0 Å². The van der Waals surface area contributed by atoms with Crippen LogP contribution in [0.3, 0.4) is 0 Å². The van der Waals surface area contributed by atoms with Gasteiger partial charge in [-0.1, -0.05) is 0 Å². The second kappa shape index (κ2) is 5.26. The average molecular weight is 351 g/mol. The molecule has 5 aliphatic rings. The lowest BCUT2D eigenvalue weighted by Crippen LogP contribution is -2.74. The first-order chi connectivity index (χ1) is 11.9. The second-order valence-electron chi connectivity index (χ2n) is 9.22. The molecule has 9 unspecified atom stereocenters. The Balaban J connectivity index is 1.63. The molecule has 140 valence electrons. The van der Waals surface area contributed by atoms with Gasteiger partial charge in [-0.05, 0) is 62.4 Å². The molecule has 3 saturated carbocycles. The first-order valence-corrected chi connectivity index (χ1v) is 9.73. The zero-order valence-corrected chi connectivity index (χ0v) is 15.1. The van der Waals surface area contributed by atoms with Crippen molar-refractivity contribution in [3.63, 3.8) is 0 Å². The molecule has 6 heteroatoms. The molecular weight excluding hydrogens is 322 g/mol. The smallest absolute Gasteiger partial charge is 0.195 e. The topological polar surface area (TPSA) is 79.2 Å². The van der Waals surface area contributed by atoms with E-state index in [1.165, 1.54) is 0 Å². The summed E-state index contributed by atoms with van der Waals surface area (Å²) in [5.41, 5.74) is -0.200. The molecular formula is C19H29NO5. The zero-order chi connectivity index (χ0) is 17.6. The number of fused-ring (bicyclic) bond motifs is 1. The summed E-state index contributed by atoms with van der Waals surface area (Å²) in [5, 5.41) is 21.5. The lowest BCUT2D eigenvalue weighted by Gasteiger charge is -2.68. The minimum atomic E-state index is -1.07. The summed E-state index contributed by atoms with van der Waals surface area (Å²) in [5.74, 6) is 0.109. The number of Topliss-reactive ketones (excluding diaryl/α,β-unsaturated/α-hetero) is 1. The van der Waals surface area contributed by atoms with Crippen molar-refractivity contribution in [2.24, 2.45) is 23.2 Å². The van der Waals surface area contributed by atoms with Crippen LogP contribution in [0.15, 0.2) is 0 Å². The number of methoxy groups -OCH3 is 1. The van der Waals surface area contributed by atoms with Crippen LogP contribution < -0.4 is 0 Å². The van der Waals surface area contributed by atoms with Gasteiger partial charge in [0.15, 0.2) is 11.6 Å². The van der Waals surface area contributed by atoms with E-state index in [0.717, 1.165) is 19.4 Å². The van der Waals surface area contributed by atoms with Crippen LogP contribution in [-0.4, -0.2) is 71.7 Å². The third-order valence-corrected chi connectivity index (χ3v) is 8.19. The molecule has 0 radical (unpaired) electrons. The van der Waals surface area contributed by atoms with E-state index in [1.54, 1.807) is 7.11 Å². The number of carbonyl (C=O) groups is 1. The third kappa shape index (κ3) is 2.00. The van der Waals surface area contributed by atoms with Gasteiger partial charge >= 0.3 is 0 Å². The van der Waals surface area contributed by atoms with Gasteiger partial charge in [0.2, 0.25) is 0 Å². The molecule has 9 atom stereocenters. The number of aliphatic hydroxyl groups excluding tert-OH is 2. The van der Waals surface area contributed by atoms with Crippen LogP contribution in [0.5, 0.6) is 0 Å². The van der Waals surface area contributed by atoms with E-state index in [0.29, 0.717) is 37.4 Å². The standard InChI is InChI=1S/C19H29NO5/c1-20-6-4-10-7-11(21)17-15-14(10)16(20)12(22)8-18(15)5-3-13(23)19(9-18,24-2)25-17/h10-11,13-17,21,23H,3-9H2,1-2H3. The zero-order valence-electron chi connectivity index (χ0n) is 15.1. The Morgan fingerprint density at radius 3 is 2.88 bits per heavy atom. The van der Waals surface area contributed by atoms with Gasteiger partial charge < -0.3 is 19.7 Å². The first kappa shape index (κ1) is 16.6. The molecule has 2 saturated heterocycles. The summed E-state index contributed by atoms with van der Waals surface area (Å²) in [7, 11) is 3.63. The van der Waals surface area contributed by atoms with Crippen molar-refractivity contribution in [2.75, 3.05) is 20.7 Å². The fourth-order valence-electron chi connectivity index (χ4n) is 7.24. The second-order valence-corrected chi connectivity index (χ2v) is 9.22. The van der Waals surface area contributed by atoms with Crippen LogP contribution in [0, 0.1) is 23.2 Å². The molecule has 3 aliphatic carbocycles. The van der Waals surface area contributed by atoms with Gasteiger partial charge in [-0.25, -0.2) is 0 Å². The van der Waals surface area contributed by atoms with Gasteiger partial charge in [-0.3, -0.25) is 9.69 Å². The minimum Gasteiger partial charge on any atom is -0.390 e. The lowest BCUT2D eigenvalue weighted by atomic mass is 9.45. The molecule has 2 N–H and O–H groups in total. The van der Waals surface area contributed by atoms with Gasteiger partial charge in [0.25, 0.3) is 0 Å². The molecule has 2 bridgehead atoms. The summed E-state index contributed by atoms with van der Waals surface area (Å²) < 4.78 is 12.0. The van der Waals surface area contributed by atoms with Gasteiger partial charge in [0.05, 0.1) is 18.2 Å². The Morgan fingerprint density at radius 1 is 1.32 bits per heavy atom. The van der Waals surface area contributed by atoms with Crippen LogP contribution >= 0.6 is 0 Å². The molecule has 1 spiro atoms. The fourth-order valence-corrected chi connectivity index (χ4v) is 7.24. The quantitative estimate of drug-likeness (QED) is 0.718. The number of piperidine rings is 1. The number of carbonyl (C=O) groups excluding carboxylic acids is 1. The largest absolute Gasteiger partial charge is 0.390 e. The molecule has 0 amide bonds. The van der Waals surface area contributed by atoms with Crippen LogP contribution in [0.4, 0.5) is 0 Å². The molecule has 5 rings (SSSR count). The predicted octanol–water partition coefficient (Wildman–Crippen LogP) is 0.549. The number of likely N-dealkylation sites (tertiary alicyclic amines) is 1. The summed E-state index contributed by atoms with van der Waals surface area (Å²) in [6, 6.07) is -0.0325. The summed E-state index contributed by atoms with van der Waals surface area (Å²) in [6.45, 7) is 0.927. The van der Waals surface area contributed by atoms with Crippen molar-refractivity contribution in [3.05, 3.63) is 0 Å². The molecule has 0 aromatic carbocycles. The van der Waals surface area contributed by atoms with Crippen molar-refractivity contribution < 1.29 is 24.5 Å². The summed E-state index contributed by atoms with van der Waals surface area (Å²) in [6.07, 6.45) is 2.66. The molecule has 25 heavy (non-hydrogen) atoms. The predicted molar refractivity (Wildman–Crippen MR) is 88.7 cm³/mol. The Morgan fingerprint density at radius 2 is 2.12 bits per heavy atom. The van der Waals surface area contributed by atoms with Crippen LogP contribution in [0.2, 0.25) is 0 Å². The summed E-state index contributed by atoms with van der Waals surface area (Å²) >= 11 is 0. The van der Waals surface area contributed by atoms with Crippen molar-refractivity contribution in [2.45, 2.75) is 68.7 Å². The van der Waals surface area contributed by atoms with E-state index in [4.69, 9.17) is 9.47 Å². The number of nitrogens with zero attached hydrogens (tertiary/aromatic N) is 1. The SMILES string of the molecule is COC12CC3(CCC1O)CC(=O)C1C4C(CCN1C)CC(O)C(O2)C43. The van der Waals surface area contributed by atoms with E-state index in [-0.39, 0.29) is 29.4 Å². The highest BCUT2D eigenvalue weighted by Gasteiger charge is 2.70. The van der Waals surface area contributed by atoms with Crippen molar-refractivity contribution >= 4 is 5.78 Å². The molecule has 0 aromatic rings. The molecule has 0 aromatic heterocycles. The monoisotopic (exact) mass is 351 g/mol. The normalized spacial score (nSPS) is 57.9. The molecule has 5 fully saturated rings. The number of likely N-dealkylation sites (N-methyl/N-ethyl adjacent to an activating group) is 1. The highest BCUT2D eigenvalue weighted by Crippen LogP contribution is 2.65. The maximum Gasteiger partial charge on any atom is 0.195 e. The molecule has 2 heterocycles. The van der Waals surface area contributed by atoms with Crippen molar-refractivity contribution in [1.82, 2.24) is 4.90 Å². The number of rotatable bonds is 1. The third-order valence-electron chi connectivity index (χ3n) is 8.19. The Kier molecular flexibility index (Phi) is 3.50. The average Bonchev–Trinajstić information content (AvgIpc) is 2.59. The number of hydrogen-bond acceptors (Lipinski definition) is 6. The minimum absolute atomic E-state index is 0.0325. The Labute approximate surface area is 148 Å². The number of hydrogen-bond donors (Lipinski definition) is 2. The summed E-state index contributed by atoms with van der Waals surface area (Å²) in [4.78, 5) is 15.4. The first-order valence-electron chi connectivity index (χ1n) is 9.73. The van der Waals surface area contributed by atoms with Crippen molar-refractivity contribution in [1.29, 1.82) is 0 Å². The van der Waals surface area contributed by atoms with E-state index in [9.17, 15) is 15.0 Å². The maximum absolute atomic E-state index is 13.2. The van der Waals surface area contributed by atoms with E-state index >= 15 is 0 Å². The van der Waals surface area contributed by atoms with Gasteiger partial charge in [0, 0.05) is 20.0 Å². The Hall–Kier alpha value is -0.530. The highest BCUT2D eigenvalue weighted by atomic mass is 16.7. The number of ketones is 1. The van der Waals surface area contributed by atoms with Crippen LogP contribution in [0.25, 0.3) is 0 Å². The van der Waals surface area contributed by atoms with Gasteiger partial charge in [-0.15, -0.1) is 0 Å². The Bertz CT molecular complexity index is 598. The number of aliphatic hydroxyl groups is 2. The fraction of sp³-hybridized carbons (Fsp3) is 0.947. The van der Waals surface area contributed by atoms with Crippen LogP contribution in [-0.2, 0) is 14.3 Å². The van der Waals surface area contributed by atoms with Crippen molar-refractivity contribution in [3.8, 4) is 0 Å². The van der Waals surface area contributed by atoms with E-state index in [2.05, 4.69) is 11.9 Å². The molecule has 2 aliphatic heterocycles. The molecule has 6 nitrogen and oxygen atoms in total. The van der Waals surface area contributed by atoms with Crippen LogP contribution in [0.1, 0.15) is 38.5 Å². The lowest BCUT2D eigenvalue weighted by molar-refractivity contribution is -0.388. The van der Waals surface area contributed by atoms with E-state index < -0.39 is 18.0 Å². The van der Waals surface area contributed by atoms with Gasteiger partial charge in [-0.2, -0.15) is 0 Å². The van der Waals surface area contributed by atoms with Gasteiger partial charge in [0.1, 0.15) is 6.10 Å². The number of ether oxygens (including phenoxy) is 2. The highest BCUT2D eigenvalue weighted by molar-refractivity contribution is 5.86.